The fourth-order valence-electron chi connectivity index (χ4n) is 3.39. The quantitative estimate of drug-likeness (QED) is 0.404. The number of aromatic nitrogens is 1. The van der Waals surface area contributed by atoms with Crippen LogP contribution in [0.1, 0.15) is 38.0 Å². The molecular formula is C21H13BrClF2N3O2. The van der Waals surface area contributed by atoms with Gasteiger partial charge in [-0.3, -0.25) is 14.6 Å². The number of pyridine rings is 1. The number of rotatable bonds is 5. The first kappa shape index (κ1) is 20.6. The molecule has 1 N–H and O–H groups in total. The van der Waals surface area contributed by atoms with E-state index in [1.807, 2.05) is 0 Å². The summed E-state index contributed by atoms with van der Waals surface area (Å²) in [4.78, 5) is 33.3. The molecule has 30 heavy (non-hydrogen) atoms. The van der Waals surface area contributed by atoms with E-state index in [2.05, 4.69) is 25.7 Å². The zero-order valence-corrected chi connectivity index (χ0v) is 17.5. The van der Waals surface area contributed by atoms with Crippen LogP contribution in [0.2, 0.25) is 0 Å². The molecule has 0 radical (unpaired) electrons. The Balaban J connectivity index is 1.63. The van der Waals surface area contributed by atoms with Gasteiger partial charge in [-0.05, 0) is 70.0 Å². The predicted octanol–water partition coefficient (Wildman–Crippen LogP) is 4.95. The van der Waals surface area contributed by atoms with E-state index in [4.69, 9.17) is 11.8 Å². The van der Waals surface area contributed by atoms with Crippen molar-refractivity contribution in [1.82, 2.24) is 9.82 Å². The second kappa shape index (κ2) is 8.22. The van der Waals surface area contributed by atoms with Gasteiger partial charge in [-0.25, -0.2) is 18.5 Å². The Bertz CT molecular complexity index is 1120. The molecule has 0 bridgehead atoms. The zero-order chi connectivity index (χ0) is 21.4. The largest absolute Gasteiger partial charge is 0.268 e. The standard InChI is InChI=1S/C21H13BrClF2N3O2/c22-17-9-14(28-20(29)15-3-1-2-4-16(15)21(28)30)10-26-19(17)18(27-23)7-11-5-12(24)8-13(25)6-11/h1-6,8-10,18,27H,7H2/t18-/m0/s1. The van der Waals surface area contributed by atoms with Gasteiger partial charge in [0.15, 0.2) is 0 Å². The molecule has 1 aromatic heterocycles. The third-order valence-corrected chi connectivity index (χ3v) is 5.63. The molecule has 5 nitrogen and oxygen atoms in total. The van der Waals surface area contributed by atoms with Gasteiger partial charge in [0.25, 0.3) is 11.8 Å². The van der Waals surface area contributed by atoms with E-state index in [0.29, 0.717) is 32.5 Å². The van der Waals surface area contributed by atoms with Crippen LogP contribution in [0.3, 0.4) is 0 Å². The lowest BCUT2D eigenvalue weighted by Crippen LogP contribution is -2.29. The SMILES string of the molecule is O=C1c2ccccc2C(=O)N1c1cnc([C@H](Cc2cc(F)cc(F)c2)NCl)c(Br)c1. The molecule has 0 aliphatic carbocycles. The zero-order valence-electron chi connectivity index (χ0n) is 15.2. The first-order valence-electron chi connectivity index (χ1n) is 8.83. The number of nitrogens with one attached hydrogen (secondary N) is 1. The highest BCUT2D eigenvalue weighted by atomic mass is 79.9. The van der Waals surface area contributed by atoms with E-state index >= 15 is 0 Å². The summed E-state index contributed by atoms with van der Waals surface area (Å²) in [6.45, 7) is 0. The van der Waals surface area contributed by atoms with Crippen LogP contribution in [-0.2, 0) is 6.42 Å². The summed E-state index contributed by atoms with van der Waals surface area (Å²) in [5.41, 5.74) is 1.80. The summed E-state index contributed by atoms with van der Waals surface area (Å²) in [6, 6.07) is 10.8. The number of hydrogen-bond donors (Lipinski definition) is 1. The van der Waals surface area contributed by atoms with Crippen molar-refractivity contribution in [3.63, 3.8) is 0 Å². The molecule has 152 valence electrons. The van der Waals surface area contributed by atoms with Gasteiger partial charge in [0.2, 0.25) is 0 Å². The predicted molar refractivity (Wildman–Crippen MR) is 111 cm³/mol. The van der Waals surface area contributed by atoms with Crippen molar-refractivity contribution >= 4 is 45.2 Å². The summed E-state index contributed by atoms with van der Waals surface area (Å²) in [5, 5.41) is 0. The monoisotopic (exact) mass is 491 g/mol. The van der Waals surface area contributed by atoms with Crippen LogP contribution in [-0.4, -0.2) is 16.8 Å². The molecule has 0 saturated heterocycles. The van der Waals surface area contributed by atoms with E-state index in [1.54, 1.807) is 30.3 Å². The first-order chi connectivity index (χ1) is 14.4. The van der Waals surface area contributed by atoms with Gasteiger partial charge < -0.3 is 0 Å². The number of nitrogens with zero attached hydrogens (tertiary/aromatic N) is 2. The van der Waals surface area contributed by atoms with Crippen LogP contribution in [0.4, 0.5) is 14.5 Å². The van der Waals surface area contributed by atoms with Crippen molar-refractivity contribution in [2.45, 2.75) is 12.5 Å². The van der Waals surface area contributed by atoms with E-state index in [0.717, 1.165) is 11.0 Å². The molecule has 0 fully saturated rings. The van der Waals surface area contributed by atoms with E-state index in [9.17, 15) is 18.4 Å². The van der Waals surface area contributed by atoms with E-state index in [1.165, 1.54) is 18.3 Å². The van der Waals surface area contributed by atoms with Crippen molar-refractivity contribution in [2.24, 2.45) is 0 Å². The average Bonchev–Trinajstić information content (AvgIpc) is 2.96. The van der Waals surface area contributed by atoms with Crippen molar-refractivity contribution in [1.29, 1.82) is 0 Å². The van der Waals surface area contributed by atoms with Gasteiger partial charge in [-0.15, -0.1) is 0 Å². The van der Waals surface area contributed by atoms with Gasteiger partial charge in [0.05, 0.1) is 34.7 Å². The molecule has 1 atom stereocenters. The van der Waals surface area contributed by atoms with Crippen molar-refractivity contribution in [3.05, 3.63) is 93.2 Å². The molecule has 0 unspecified atom stereocenters. The molecule has 1 aliphatic heterocycles. The van der Waals surface area contributed by atoms with Crippen LogP contribution >= 0.6 is 27.7 Å². The first-order valence-corrected chi connectivity index (χ1v) is 10.0. The summed E-state index contributed by atoms with van der Waals surface area (Å²) < 4.78 is 27.5. The summed E-state index contributed by atoms with van der Waals surface area (Å²) in [6.07, 6.45) is 1.55. The lowest BCUT2D eigenvalue weighted by Gasteiger charge is -2.19. The number of amides is 2. The number of benzene rings is 2. The molecule has 2 aromatic carbocycles. The third kappa shape index (κ3) is 3.74. The van der Waals surface area contributed by atoms with Gasteiger partial charge >= 0.3 is 0 Å². The lowest BCUT2D eigenvalue weighted by atomic mass is 10.0. The molecule has 3 aromatic rings. The summed E-state index contributed by atoms with van der Waals surface area (Å²) >= 11 is 9.26. The second-order valence-corrected chi connectivity index (χ2v) is 7.77. The second-order valence-electron chi connectivity index (χ2n) is 6.70. The van der Waals surface area contributed by atoms with Gasteiger partial charge in [0, 0.05) is 10.5 Å². The Morgan fingerprint density at radius 2 is 1.63 bits per heavy atom. The molecule has 0 saturated carbocycles. The van der Waals surface area contributed by atoms with Crippen LogP contribution in [0.5, 0.6) is 0 Å². The maximum Gasteiger partial charge on any atom is 0.266 e. The highest BCUT2D eigenvalue weighted by Crippen LogP contribution is 2.32. The number of carbonyl (C=O) groups excluding carboxylic acids is 2. The van der Waals surface area contributed by atoms with Crippen molar-refractivity contribution in [3.8, 4) is 0 Å². The third-order valence-electron chi connectivity index (χ3n) is 4.73. The summed E-state index contributed by atoms with van der Waals surface area (Å²) in [7, 11) is 0. The normalized spacial score (nSPS) is 14.2. The molecule has 0 spiro atoms. The fraction of sp³-hybridized carbons (Fsp3) is 0.0952. The Labute approximate surface area is 183 Å². The number of carbonyl (C=O) groups is 2. The number of hydrogen-bond acceptors (Lipinski definition) is 4. The van der Waals surface area contributed by atoms with Crippen LogP contribution in [0.25, 0.3) is 0 Å². The highest BCUT2D eigenvalue weighted by Gasteiger charge is 2.36. The topological polar surface area (TPSA) is 62.3 Å². The molecule has 1 aliphatic rings. The van der Waals surface area contributed by atoms with Crippen molar-refractivity contribution in [2.75, 3.05) is 4.90 Å². The Hall–Kier alpha value is -2.68. The van der Waals surface area contributed by atoms with Crippen LogP contribution in [0.15, 0.2) is 59.2 Å². The van der Waals surface area contributed by atoms with Crippen LogP contribution in [0, 0.1) is 11.6 Å². The number of fused-ring (bicyclic) bond motifs is 1. The molecular weight excluding hydrogens is 480 g/mol. The Kier molecular flexibility index (Phi) is 5.64. The number of imide groups is 1. The van der Waals surface area contributed by atoms with Gasteiger partial charge in [-0.1, -0.05) is 12.1 Å². The van der Waals surface area contributed by atoms with Gasteiger partial charge in [-0.2, -0.15) is 0 Å². The number of anilines is 1. The summed E-state index contributed by atoms with van der Waals surface area (Å²) in [5.74, 6) is -2.24. The number of halogens is 4. The minimum atomic E-state index is -0.689. The molecule has 9 heteroatoms. The maximum absolute atomic E-state index is 13.5. The van der Waals surface area contributed by atoms with E-state index < -0.39 is 29.5 Å². The maximum atomic E-state index is 13.5. The molecule has 2 amide bonds. The minimum absolute atomic E-state index is 0.163. The Morgan fingerprint density at radius 1 is 1.03 bits per heavy atom. The Morgan fingerprint density at radius 3 is 2.17 bits per heavy atom. The fourth-order valence-corrected chi connectivity index (χ4v) is 4.19. The minimum Gasteiger partial charge on any atom is -0.268 e. The van der Waals surface area contributed by atoms with E-state index in [-0.39, 0.29) is 6.42 Å². The van der Waals surface area contributed by atoms with Gasteiger partial charge in [0.1, 0.15) is 11.6 Å². The lowest BCUT2D eigenvalue weighted by molar-refractivity contribution is 0.0926. The van der Waals surface area contributed by atoms with Crippen LogP contribution < -0.4 is 9.74 Å². The molecule has 2 heterocycles. The molecule has 4 rings (SSSR count). The van der Waals surface area contributed by atoms with Crippen molar-refractivity contribution < 1.29 is 18.4 Å². The highest BCUT2D eigenvalue weighted by molar-refractivity contribution is 9.10. The smallest absolute Gasteiger partial charge is 0.266 e. The average molecular weight is 493 g/mol.